The topological polar surface area (TPSA) is 66.5 Å². The minimum Gasteiger partial charge on any atom is -0.322 e. The first-order chi connectivity index (χ1) is 14.9. The molecule has 0 aliphatic carbocycles. The number of nitrogens with zero attached hydrogens (tertiary/aromatic N) is 1. The number of nitrogens with one attached hydrogen (secondary N) is 1. The Bertz CT molecular complexity index is 1390. The molecule has 0 unspecified atom stereocenters. The predicted molar refractivity (Wildman–Crippen MR) is 120 cm³/mol. The third kappa shape index (κ3) is 4.13. The van der Waals surface area contributed by atoms with Gasteiger partial charge in [-0.1, -0.05) is 48.5 Å². The Morgan fingerprint density at radius 1 is 0.839 bits per heavy atom. The van der Waals surface area contributed by atoms with Crippen LogP contribution in [0.4, 0.5) is 15.8 Å². The summed E-state index contributed by atoms with van der Waals surface area (Å²) in [6.45, 7) is 0. The third-order valence-electron chi connectivity index (χ3n) is 4.95. The molecule has 7 heteroatoms. The zero-order valence-corrected chi connectivity index (χ0v) is 17.4. The van der Waals surface area contributed by atoms with Crippen LogP contribution in [0, 0.1) is 5.82 Å². The highest BCUT2D eigenvalue weighted by molar-refractivity contribution is 7.92. The average Bonchev–Trinajstić information content (AvgIpc) is 2.79. The standard InChI is InChI=1S/C24H19FN2O3S/c1-27(23-12-5-4-11-22(23)25)31(29,30)21-10-6-9-19(16-21)24(28)26-20-14-13-17-7-2-3-8-18(17)15-20/h2-16H,1H3,(H,26,28). The minimum absolute atomic E-state index is 0.0754. The number of anilines is 2. The van der Waals surface area contributed by atoms with Crippen molar-refractivity contribution in [3.05, 3.63) is 102 Å². The first kappa shape index (κ1) is 20.6. The van der Waals surface area contributed by atoms with Crippen LogP contribution < -0.4 is 9.62 Å². The van der Waals surface area contributed by atoms with Gasteiger partial charge in [0, 0.05) is 18.3 Å². The lowest BCUT2D eigenvalue weighted by atomic mass is 10.1. The van der Waals surface area contributed by atoms with Gasteiger partial charge in [-0.05, 0) is 53.2 Å². The zero-order valence-electron chi connectivity index (χ0n) is 16.6. The highest BCUT2D eigenvalue weighted by atomic mass is 32.2. The van der Waals surface area contributed by atoms with Crippen LogP contribution >= 0.6 is 0 Å². The summed E-state index contributed by atoms with van der Waals surface area (Å²) >= 11 is 0. The van der Waals surface area contributed by atoms with E-state index < -0.39 is 21.7 Å². The maximum absolute atomic E-state index is 14.1. The molecule has 1 amide bonds. The van der Waals surface area contributed by atoms with Gasteiger partial charge < -0.3 is 5.32 Å². The Morgan fingerprint density at radius 3 is 2.32 bits per heavy atom. The molecule has 0 bridgehead atoms. The molecule has 0 saturated carbocycles. The molecule has 0 atom stereocenters. The van der Waals surface area contributed by atoms with Crippen molar-refractivity contribution in [2.75, 3.05) is 16.7 Å². The van der Waals surface area contributed by atoms with Gasteiger partial charge in [0.05, 0.1) is 10.6 Å². The van der Waals surface area contributed by atoms with Gasteiger partial charge in [-0.2, -0.15) is 0 Å². The minimum atomic E-state index is -4.06. The molecule has 5 nitrogen and oxygen atoms in total. The van der Waals surface area contributed by atoms with Crippen LogP contribution in [-0.2, 0) is 10.0 Å². The van der Waals surface area contributed by atoms with Gasteiger partial charge in [-0.3, -0.25) is 9.10 Å². The highest BCUT2D eigenvalue weighted by Gasteiger charge is 2.24. The molecule has 0 aromatic heterocycles. The van der Waals surface area contributed by atoms with Gasteiger partial charge in [-0.25, -0.2) is 12.8 Å². The number of halogens is 1. The van der Waals surface area contributed by atoms with Gasteiger partial charge in [0.2, 0.25) is 0 Å². The van der Waals surface area contributed by atoms with Gasteiger partial charge in [-0.15, -0.1) is 0 Å². The Hall–Kier alpha value is -3.71. The monoisotopic (exact) mass is 434 g/mol. The van der Waals surface area contributed by atoms with E-state index in [0.717, 1.165) is 15.1 Å². The van der Waals surface area contributed by atoms with Crippen LogP contribution in [0.15, 0.2) is 95.9 Å². The lowest BCUT2D eigenvalue weighted by Crippen LogP contribution is -2.27. The summed E-state index contributed by atoms with van der Waals surface area (Å²) in [5, 5.41) is 4.81. The van der Waals surface area contributed by atoms with Crippen molar-refractivity contribution in [2.24, 2.45) is 0 Å². The number of carbonyl (C=O) groups is 1. The summed E-state index contributed by atoms with van der Waals surface area (Å²) in [5.41, 5.74) is 0.699. The van der Waals surface area contributed by atoms with Crippen LogP contribution in [0.5, 0.6) is 0 Å². The van der Waals surface area contributed by atoms with E-state index >= 15 is 0 Å². The largest absolute Gasteiger partial charge is 0.322 e. The predicted octanol–water partition coefficient (Wildman–Crippen LogP) is 5.06. The fraction of sp³-hybridized carbons (Fsp3) is 0.0417. The molecule has 4 aromatic carbocycles. The van der Waals surface area contributed by atoms with Gasteiger partial charge >= 0.3 is 0 Å². The van der Waals surface area contributed by atoms with Crippen LogP contribution in [0.25, 0.3) is 10.8 Å². The molecule has 0 fully saturated rings. The fourth-order valence-corrected chi connectivity index (χ4v) is 4.51. The third-order valence-corrected chi connectivity index (χ3v) is 6.72. The first-order valence-corrected chi connectivity index (χ1v) is 10.9. The lowest BCUT2D eigenvalue weighted by molar-refractivity contribution is 0.102. The zero-order chi connectivity index (χ0) is 22.0. The van der Waals surface area contributed by atoms with E-state index in [1.54, 1.807) is 12.1 Å². The summed E-state index contributed by atoms with van der Waals surface area (Å²) in [7, 11) is -2.79. The molecule has 4 rings (SSSR count). The number of benzene rings is 4. The Balaban J connectivity index is 1.61. The molecular formula is C24H19FN2O3S. The van der Waals surface area contributed by atoms with Crippen molar-refractivity contribution in [3.63, 3.8) is 0 Å². The second kappa shape index (κ2) is 8.20. The summed E-state index contributed by atoms with van der Waals surface area (Å²) in [6, 6.07) is 24.6. The molecule has 0 heterocycles. The van der Waals surface area contributed by atoms with Gasteiger partial charge in [0.25, 0.3) is 15.9 Å². The number of rotatable bonds is 5. The number of fused-ring (bicyclic) bond motifs is 1. The molecular weight excluding hydrogens is 415 g/mol. The molecule has 0 radical (unpaired) electrons. The highest BCUT2D eigenvalue weighted by Crippen LogP contribution is 2.25. The Labute approximate surface area is 179 Å². The van der Waals surface area contributed by atoms with Crippen LogP contribution in [-0.4, -0.2) is 21.4 Å². The van der Waals surface area contributed by atoms with Gasteiger partial charge in [0.15, 0.2) is 0 Å². The van der Waals surface area contributed by atoms with E-state index in [1.165, 1.54) is 49.5 Å². The normalized spacial score (nSPS) is 11.3. The second-order valence-electron chi connectivity index (χ2n) is 6.97. The number of hydrogen-bond acceptors (Lipinski definition) is 3. The van der Waals surface area contributed by atoms with Crippen molar-refractivity contribution < 1.29 is 17.6 Å². The lowest BCUT2D eigenvalue weighted by Gasteiger charge is -2.20. The van der Waals surface area contributed by atoms with E-state index in [0.29, 0.717) is 5.69 Å². The van der Waals surface area contributed by atoms with Crippen LogP contribution in [0.2, 0.25) is 0 Å². The van der Waals surface area contributed by atoms with Crippen molar-refractivity contribution in [1.29, 1.82) is 0 Å². The average molecular weight is 434 g/mol. The number of hydrogen-bond donors (Lipinski definition) is 1. The van der Waals surface area contributed by atoms with E-state index in [1.807, 2.05) is 36.4 Å². The fourth-order valence-electron chi connectivity index (χ4n) is 3.26. The summed E-state index contributed by atoms with van der Waals surface area (Å²) in [4.78, 5) is 12.6. The number of carbonyl (C=O) groups excluding carboxylic acids is 1. The second-order valence-corrected chi connectivity index (χ2v) is 8.94. The Morgan fingerprint density at radius 2 is 1.55 bits per heavy atom. The van der Waals surface area contributed by atoms with Crippen LogP contribution in [0.3, 0.4) is 0 Å². The van der Waals surface area contributed by atoms with Crippen molar-refractivity contribution in [3.8, 4) is 0 Å². The maximum atomic E-state index is 14.1. The van der Waals surface area contributed by atoms with Crippen molar-refractivity contribution in [2.45, 2.75) is 4.90 Å². The van der Waals surface area contributed by atoms with Crippen LogP contribution in [0.1, 0.15) is 10.4 Å². The molecule has 31 heavy (non-hydrogen) atoms. The van der Waals surface area contributed by atoms with E-state index in [2.05, 4.69) is 5.32 Å². The maximum Gasteiger partial charge on any atom is 0.264 e. The summed E-state index contributed by atoms with van der Waals surface area (Å²) in [6.07, 6.45) is 0. The number of amides is 1. The molecule has 0 spiro atoms. The molecule has 0 aliphatic rings. The van der Waals surface area contributed by atoms with E-state index in [4.69, 9.17) is 0 Å². The SMILES string of the molecule is CN(c1ccccc1F)S(=O)(=O)c1cccc(C(=O)Nc2ccc3ccccc3c2)c1. The van der Waals surface area contributed by atoms with Gasteiger partial charge in [0.1, 0.15) is 5.82 Å². The summed E-state index contributed by atoms with van der Waals surface area (Å²) < 4.78 is 40.9. The molecule has 0 aliphatic heterocycles. The molecule has 156 valence electrons. The smallest absolute Gasteiger partial charge is 0.264 e. The van der Waals surface area contributed by atoms with E-state index in [9.17, 15) is 17.6 Å². The first-order valence-electron chi connectivity index (χ1n) is 9.50. The quantitative estimate of drug-likeness (QED) is 0.478. The number of sulfonamides is 1. The molecule has 1 N–H and O–H groups in total. The van der Waals surface area contributed by atoms with E-state index in [-0.39, 0.29) is 16.1 Å². The number of para-hydroxylation sites is 1. The molecule has 4 aromatic rings. The Kier molecular flexibility index (Phi) is 5.44. The van der Waals surface area contributed by atoms with Crippen molar-refractivity contribution >= 4 is 38.1 Å². The summed E-state index contributed by atoms with van der Waals surface area (Å²) in [5.74, 6) is -1.10. The molecule has 0 saturated heterocycles. The van der Waals surface area contributed by atoms with Crippen molar-refractivity contribution in [1.82, 2.24) is 0 Å².